The zero-order valence-corrected chi connectivity index (χ0v) is 16.7. The number of ether oxygens (including phenoxy) is 2. The second-order valence-corrected chi connectivity index (χ2v) is 6.53. The molecule has 0 aliphatic carbocycles. The van der Waals surface area contributed by atoms with Gasteiger partial charge in [0.1, 0.15) is 11.5 Å². The number of nitrogens with one attached hydrogen (secondary N) is 1. The summed E-state index contributed by atoms with van der Waals surface area (Å²) in [5.74, 6) is 1.34. The Labute approximate surface area is 165 Å². The molecule has 0 aliphatic rings. The highest BCUT2D eigenvalue weighted by atomic mass is 16.5. The Morgan fingerprint density at radius 3 is 2.50 bits per heavy atom. The van der Waals surface area contributed by atoms with E-state index in [0.29, 0.717) is 18.0 Å². The molecule has 1 amide bonds. The van der Waals surface area contributed by atoms with Crippen molar-refractivity contribution in [2.75, 3.05) is 14.2 Å². The second kappa shape index (κ2) is 8.61. The summed E-state index contributed by atoms with van der Waals surface area (Å²) in [6.07, 6.45) is 0.281. The van der Waals surface area contributed by atoms with E-state index in [-0.39, 0.29) is 12.3 Å². The van der Waals surface area contributed by atoms with Crippen molar-refractivity contribution in [3.05, 3.63) is 71.0 Å². The van der Waals surface area contributed by atoms with Gasteiger partial charge in [-0.25, -0.2) is 4.68 Å². The smallest absolute Gasteiger partial charge is 0.224 e. The van der Waals surface area contributed by atoms with Crippen molar-refractivity contribution in [2.45, 2.75) is 26.8 Å². The van der Waals surface area contributed by atoms with Crippen molar-refractivity contribution < 1.29 is 14.3 Å². The highest BCUT2D eigenvalue weighted by molar-refractivity contribution is 5.79. The highest BCUT2D eigenvalue weighted by Gasteiger charge is 2.16. The minimum Gasteiger partial charge on any atom is -0.497 e. The zero-order valence-electron chi connectivity index (χ0n) is 16.7. The van der Waals surface area contributed by atoms with Crippen LogP contribution in [0.25, 0.3) is 5.69 Å². The Bertz CT molecular complexity index is 965. The molecule has 0 atom stereocenters. The lowest BCUT2D eigenvalue weighted by atomic mass is 10.1. The number of carbonyl (C=O) groups excluding carboxylic acids is 1. The van der Waals surface area contributed by atoms with Crippen LogP contribution < -0.4 is 14.8 Å². The van der Waals surface area contributed by atoms with E-state index in [0.717, 1.165) is 28.2 Å². The monoisotopic (exact) mass is 379 g/mol. The van der Waals surface area contributed by atoms with E-state index in [1.54, 1.807) is 20.3 Å². The lowest BCUT2D eigenvalue weighted by Crippen LogP contribution is -2.25. The third kappa shape index (κ3) is 4.17. The number of aromatic nitrogens is 2. The van der Waals surface area contributed by atoms with E-state index in [2.05, 4.69) is 10.4 Å². The fourth-order valence-corrected chi connectivity index (χ4v) is 3.17. The van der Waals surface area contributed by atoms with E-state index in [1.807, 2.05) is 61.0 Å². The molecule has 28 heavy (non-hydrogen) atoms. The number of amides is 1. The Morgan fingerprint density at radius 2 is 1.82 bits per heavy atom. The van der Waals surface area contributed by atoms with Gasteiger partial charge in [-0.3, -0.25) is 4.79 Å². The molecule has 1 N–H and O–H groups in total. The molecule has 3 aromatic rings. The number of aryl methyl sites for hydroxylation is 1. The third-order valence-electron chi connectivity index (χ3n) is 4.75. The zero-order chi connectivity index (χ0) is 20.1. The number of nitrogens with zero attached hydrogens (tertiary/aromatic N) is 2. The predicted octanol–water partition coefficient (Wildman–Crippen LogP) is 3.37. The lowest BCUT2D eigenvalue weighted by Gasteiger charge is -2.11. The Kier molecular flexibility index (Phi) is 5.99. The van der Waals surface area contributed by atoms with Crippen molar-refractivity contribution in [2.24, 2.45) is 0 Å². The van der Waals surface area contributed by atoms with Crippen molar-refractivity contribution in [1.82, 2.24) is 15.1 Å². The highest BCUT2D eigenvalue weighted by Crippen LogP contribution is 2.24. The van der Waals surface area contributed by atoms with E-state index >= 15 is 0 Å². The van der Waals surface area contributed by atoms with Gasteiger partial charge in [0.15, 0.2) is 0 Å². The van der Waals surface area contributed by atoms with Crippen LogP contribution in [0.2, 0.25) is 0 Å². The minimum absolute atomic E-state index is 0.0586. The summed E-state index contributed by atoms with van der Waals surface area (Å²) in [7, 11) is 3.21. The number of hydrogen-bond acceptors (Lipinski definition) is 4. The Hall–Kier alpha value is -3.28. The summed E-state index contributed by atoms with van der Waals surface area (Å²) >= 11 is 0. The second-order valence-electron chi connectivity index (χ2n) is 6.53. The first-order valence-electron chi connectivity index (χ1n) is 9.11. The van der Waals surface area contributed by atoms with Gasteiger partial charge in [0.25, 0.3) is 0 Å². The van der Waals surface area contributed by atoms with E-state index in [4.69, 9.17) is 9.47 Å². The molecule has 1 heterocycles. The van der Waals surface area contributed by atoms with Crippen molar-refractivity contribution in [3.63, 3.8) is 0 Å². The topological polar surface area (TPSA) is 65.4 Å². The first-order valence-corrected chi connectivity index (χ1v) is 9.11. The van der Waals surface area contributed by atoms with Crippen LogP contribution >= 0.6 is 0 Å². The van der Waals surface area contributed by atoms with Crippen LogP contribution in [0.4, 0.5) is 0 Å². The number of rotatable bonds is 7. The molecule has 0 fully saturated rings. The number of para-hydroxylation sites is 1. The minimum atomic E-state index is -0.0586. The van der Waals surface area contributed by atoms with Crippen LogP contribution in [-0.2, 0) is 17.8 Å². The summed E-state index contributed by atoms with van der Waals surface area (Å²) in [6.45, 7) is 4.31. The molecule has 0 bridgehead atoms. The number of carbonyl (C=O) groups is 1. The van der Waals surface area contributed by atoms with Crippen LogP contribution in [0.5, 0.6) is 11.5 Å². The van der Waals surface area contributed by atoms with Gasteiger partial charge in [-0.1, -0.05) is 18.2 Å². The van der Waals surface area contributed by atoms with E-state index < -0.39 is 0 Å². The maximum Gasteiger partial charge on any atom is 0.224 e. The maximum atomic E-state index is 12.5. The average molecular weight is 379 g/mol. The predicted molar refractivity (Wildman–Crippen MR) is 108 cm³/mol. The van der Waals surface area contributed by atoms with Gasteiger partial charge in [0, 0.05) is 29.4 Å². The molecular weight excluding hydrogens is 354 g/mol. The van der Waals surface area contributed by atoms with Crippen LogP contribution in [0.15, 0.2) is 48.5 Å². The van der Waals surface area contributed by atoms with Gasteiger partial charge < -0.3 is 14.8 Å². The van der Waals surface area contributed by atoms with Crippen molar-refractivity contribution in [1.29, 1.82) is 0 Å². The summed E-state index contributed by atoms with van der Waals surface area (Å²) in [4.78, 5) is 12.5. The fraction of sp³-hybridized carbons (Fsp3) is 0.273. The van der Waals surface area contributed by atoms with Gasteiger partial charge in [-0.15, -0.1) is 0 Å². The molecule has 6 heteroatoms. The van der Waals surface area contributed by atoms with Crippen molar-refractivity contribution >= 4 is 5.91 Å². The quantitative estimate of drug-likeness (QED) is 0.684. The molecule has 6 nitrogen and oxygen atoms in total. The van der Waals surface area contributed by atoms with Gasteiger partial charge in [-0.05, 0) is 38.1 Å². The molecule has 0 saturated heterocycles. The Morgan fingerprint density at radius 1 is 1.07 bits per heavy atom. The molecule has 146 valence electrons. The summed E-state index contributed by atoms with van der Waals surface area (Å²) in [5.41, 5.74) is 4.66. The molecule has 0 saturated carbocycles. The summed E-state index contributed by atoms with van der Waals surface area (Å²) in [6, 6.07) is 15.5. The summed E-state index contributed by atoms with van der Waals surface area (Å²) < 4.78 is 12.5. The summed E-state index contributed by atoms with van der Waals surface area (Å²) in [5, 5.41) is 7.57. The van der Waals surface area contributed by atoms with Gasteiger partial charge >= 0.3 is 0 Å². The number of hydrogen-bond donors (Lipinski definition) is 1. The van der Waals surface area contributed by atoms with Crippen molar-refractivity contribution in [3.8, 4) is 17.2 Å². The molecule has 3 rings (SSSR count). The number of benzene rings is 2. The molecule has 1 aromatic heterocycles. The van der Waals surface area contributed by atoms with Crippen LogP contribution in [-0.4, -0.2) is 29.9 Å². The molecule has 0 spiro atoms. The SMILES string of the molecule is COc1ccc(CNC(=O)Cc2c(C)nn(-c3ccccc3)c2C)c(OC)c1. The first kappa shape index (κ1) is 19.5. The van der Waals surface area contributed by atoms with E-state index in [1.165, 1.54) is 0 Å². The van der Waals surface area contributed by atoms with Crippen LogP contribution in [0, 0.1) is 13.8 Å². The molecule has 0 unspecified atom stereocenters. The van der Waals surface area contributed by atoms with Gasteiger partial charge in [0.05, 0.1) is 32.0 Å². The molecule has 0 aliphatic heterocycles. The van der Waals surface area contributed by atoms with E-state index in [9.17, 15) is 4.79 Å². The number of methoxy groups -OCH3 is 2. The first-order chi connectivity index (χ1) is 13.5. The molecule has 0 radical (unpaired) electrons. The van der Waals surface area contributed by atoms with Crippen LogP contribution in [0.3, 0.4) is 0 Å². The van der Waals surface area contributed by atoms with Crippen LogP contribution in [0.1, 0.15) is 22.5 Å². The normalized spacial score (nSPS) is 10.6. The standard InChI is InChI=1S/C22H25N3O3/c1-15-20(16(2)25(24-15)18-8-6-5-7-9-18)13-22(26)23-14-17-10-11-19(27-3)12-21(17)28-4/h5-12H,13-14H2,1-4H3,(H,23,26). The largest absolute Gasteiger partial charge is 0.497 e. The maximum absolute atomic E-state index is 12.5. The molecule has 2 aromatic carbocycles. The molecular formula is C22H25N3O3. The van der Waals surface area contributed by atoms with Gasteiger partial charge in [-0.2, -0.15) is 5.10 Å². The fourth-order valence-electron chi connectivity index (χ4n) is 3.17. The average Bonchev–Trinajstić information content (AvgIpc) is 3.01. The van der Waals surface area contributed by atoms with Gasteiger partial charge in [0.2, 0.25) is 5.91 Å². The third-order valence-corrected chi connectivity index (χ3v) is 4.75. The lowest BCUT2D eigenvalue weighted by molar-refractivity contribution is -0.120. The Balaban J connectivity index is 1.70.